The summed E-state index contributed by atoms with van der Waals surface area (Å²) in [4.78, 5) is 19.0. The van der Waals surface area contributed by atoms with E-state index in [4.69, 9.17) is 9.47 Å². The van der Waals surface area contributed by atoms with Crippen LogP contribution < -0.4 is 14.8 Å². The summed E-state index contributed by atoms with van der Waals surface area (Å²) < 4.78 is 11.7. The zero-order valence-corrected chi connectivity index (χ0v) is 16.7. The van der Waals surface area contributed by atoms with E-state index in [0.717, 1.165) is 12.1 Å². The first-order valence-electron chi connectivity index (χ1n) is 9.41. The lowest BCUT2D eigenvalue weighted by atomic mass is 10.1. The van der Waals surface area contributed by atoms with Crippen molar-refractivity contribution < 1.29 is 14.3 Å². The monoisotopic (exact) mass is 391 g/mol. The van der Waals surface area contributed by atoms with E-state index < -0.39 is 0 Å². The minimum atomic E-state index is -0.279. The summed E-state index contributed by atoms with van der Waals surface area (Å²) in [5.74, 6) is 0.838. The Morgan fingerprint density at radius 3 is 2.59 bits per heavy atom. The van der Waals surface area contributed by atoms with E-state index in [2.05, 4.69) is 10.3 Å². The van der Waals surface area contributed by atoms with Crippen molar-refractivity contribution in [2.24, 2.45) is 0 Å². The Kier molecular flexibility index (Phi) is 7.19. The number of pyridine rings is 1. The number of amides is 1. The second kappa shape index (κ2) is 10.2. The number of anilines is 1. The predicted molar refractivity (Wildman–Crippen MR) is 113 cm³/mol. The highest BCUT2D eigenvalue weighted by Crippen LogP contribution is 2.26. The Labute approximate surface area is 171 Å². The van der Waals surface area contributed by atoms with Crippen molar-refractivity contribution >= 4 is 11.6 Å². The van der Waals surface area contributed by atoms with E-state index in [1.54, 1.807) is 36.7 Å². The Bertz CT molecular complexity index is 915. The maximum absolute atomic E-state index is 12.9. The molecule has 3 rings (SSSR count). The van der Waals surface area contributed by atoms with Crippen molar-refractivity contribution in [2.45, 2.75) is 6.61 Å². The molecule has 0 saturated heterocycles. The fourth-order valence-corrected chi connectivity index (χ4v) is 2.62. The molecule has 1 amide bonds. The Hall–Kier alpha value is -3.38. The normalized spacial score (nSPS) is 10.6. The average Bonchev–Trinajstić information content (AvgIpc) is 2.74. The van der Waals surface area contributed by atoms with Gasteiger partial charge in [-0.1, -0.05) is 30.3 Å². The summed E-state index contributed by atoms with van der Waals surface area (Å²) in [5.41, 5.74) is 2.05. The van der Waals surface area contributed by atoms with Gasteiger partial charge in [0.1, 0.15) is 24.7 Å². The van der Waals surface area contributed by atoms with Crippen molar-refractivity contribution in [1.29, 1.82) is 0 Å². The topological polar surface area (TPSA) is 63.7 Å². The first-order chi connectivity index (χ1) is 14.1. The summed E-state index contributed by atoms with van der Waals surface area (Å²) in [6.45, 7) is 1.68. The smallest absolute Gasteiger partial charge is 0.259 e. The molecular formula is C23H25N3O3. The Morgan fingerprint density at radius 2 is 1.86 bits per heavy atom. The van der Waals surface area contributed by atoms with Crippen LogP contribution in [0.25, 0.3) is 0 Å². The molecule has 1 aromatic heterocycles. The van der Waals surface area contributed by atoms with E-state index in [1.165, 1.54) is 0 Å². The lowest BCUT2D eigenvalue weighted by Crippen LogP contribution is -2.19. The van der Waals surface area contributed by atoms with Gasteiger partial charge in [0.25, 0.3) is 5.91 Å². The third-order valence-electron chi connectivity index (χ3n) is 4.16. The zero-order valence-electron chi connectivity index (χ0n) is 16.7. The maximum Gasteiger partial charge on any atom is 0.259 e. The van der Waals surface area contributed by atoms with Gasteiger partial charge in [-0.25, -0.2) is 0 Å². The minimum absolute atomic E-state index is 0.279. The molecule has 1 heterocycles. The molecule has 1 N–H and O–H groups in total. The molecule has 6 nitrogen and oxygen atoms in total. The highest BCUT2D eigenvalue weighted by Gasteiger charge is 2.15. The van der Waals surface area contributed by atoms with Crippen LogP contribution >= 0.6 is 0 Å². The maximum atomic E-state index is 12.9. The van der Waals surface area contributed by atoms with Gasteiger partial charge in [-0.05, 0) is 50.0 Å². The van der Waals surface area contributed by atoms with Crippen molar-refractivity contribution in [3.63, 3.8) is 0 Å². The second-order valence-corrected chi connectivity index (χ2v) is 6.78. The highest BCUT2D eigenvalue weighted by molar-refractivity contribution is 6.06. The fourth-order valence-electron chi connectivity index (χ4n) is 2.62. The van der Waals surface area contributed by atoms with E-state index >= 15 is 0 Å². The number of carbonyl (C=O) groups is 1. The van der Waals surface area contributed by atoms with E-state index in [-0.39, 0.29) is 5.91 Å². The average molecular weight is 391 g/mol. The van der Waals surface area contributed by atoms with Crippen molar-refractivity contribution in [3.8, 4) is 11.5 Å². The lowest BCUT2D eigenvalue weighted by Gasteiger charge is -2.15. The molecule has 0 fully saturated rings. The van der Waals surface area contributed by atoms with E-state index in [9.17, 15) is 4.79 Å². The number of likely N-dealkylation sites (N-methyl/N-ethyl adjacent to an activating group) is 1. The summed E-state index contributed by atoms with van der Waals surface area (Å²) in [6, 6.07) is 18.7. The lowest BCUT2D eigenvalue weighted by molar-refractivity contribution is 0.102. The van der Waals surface area contributed by atoms with Gasteiger partial charge in [0.2, 0.25) is 0 Å². The van der Waals surface area contributed by atoms with Gasteiger partial charge >= 0.3 is 0 Å². The molecule has 0 unspecified atom stereocenters. The van der Waals surface area contributed by atoms with Gasteiger partial charge in [0.05, 0.1) is 17.4 Å². The number of carbonyl (C=O) groups excluding carboxylic acids is 1. The molecule has 0 aliphatic heterocycles. The summed E-state index contributed by atoms with van der Waals surface area (Å²) in [7, 11) is 3.97. The standard InChI is InChI=1S/C23H25N3O3/c1-26(2)13-14-28-20-10-11-22(29-17-18-7-4-3-5-8-18)21(15-20)23(27)25-19-9-6-12-24-16-19/h3-12,15-16H,13-14,17H2,1-2H3,(H,25,27). The van der Waals surface area contributed by atoms with Crippen LogP contribution in [0.3, 0.4) is 0 Å². The molecule has 3 aromatic rings. The zero-order chi connectivity index (χ0) is 20.5. The number of ether oxygens (including phenoxy) is 2. The van der Waals surface area contributed by atoms with Crippen LogP contribution in [0.2, 0.25) is 0 Å². The first kappa shape index (κ1) is 20.4. The summed E-state index contributed by atoms with van der Waals surface area (Å²) >= 11 is 0. The number of hydrogen-bond acceptors (Lipinski definition) is 5. The molecular weight excluding hydrogens is 366 g/mol. The molecule has 150 valence electrons. The summed E-state index contributed by atoms with van der Waals surface area (Å²) in [6.07, 6.45) is 3.25. The highest BCUT2D eigenvalue weighted by atomic mass is 16.5. The van der Waals surface area contributed by atoms with Crippen LogP contribution in [-0.2, 0) is 6.61 Å². The van der Waals surface area contributed by atoms with Crippen molar-refractivity contribution in [3.05, 3.63) is 84.2 Å². The number of hydrogen-bond donors (Lipinski definition) is 1. The number of nitrogens with zero attached hydrogens (tertiary/aromatic N) is 2. The number of aromatic nitrogens is 1. The fraction of sp³-hybridized carbons (Fsp3) is 0.217. The molecule has 6 heteroatoms. The largest absolute Gasteiger partial charge is 0.492 e. The molecule has 0 aliphatic carbocycles. The third kappa shape index (κ3) is 6.33. The van der Waals surface area contributed by atoms with Crippen LogP contribution in [0, 0.1) is 0 Å². The minimum Gasteiger partial charge on any atom is -0.492 e. The molecule has 0 aliphatic rings. The van der Waals surface area contributed by atoms with E-state index in [0.29, 0.717) is 36.0 Å². The number of benzene rings is 2. The molecule has 0 bridgehead atoms. The quantitative estimate of drug-likeness (QED) is 0.600. The molecule has 0 spiro atoms. The predicted octanol–water partition coefficient (Wildman–Crippen LogP) is 3.85. The molecule has 0 radical (unpaired) electrons. The van der Waals surface area contributed by atoms with Gasteiger partial charge in [-0.2, -0.15) is 0 Å². The number of rotatable bonds is 9. The second-order valence-electron chi connectivity index (χ2n) is 6.78. The van der Waals surface area contributed by atoms with Gasteiger partial charge in [0, 0.05) is 12.7 Å². The SMILES string of the molecule is CN(C)CCOc1ccc(OCc2ccccc2)c(C(=O)Nc2cccnc2)c1. The van der Waals surface area contributed by atoms with Crippen LogP contribution in [0.15, 0.2) is 73.1 Å². The molecule has 0 atom stereocenters. The van der Waals surface area contributed by atoms with Crippen LogP contribution in [0.1, 0.15) is 15.9 Å². The van der Waals surface area contributed by atoms with Crippen molar-refractivity contribution in [2.75, 3.05) is 32.6 Å². The third-order valence-corrected chi connectivity index (χ3v) is 4.16. The van der Waals surface area contributed by atoms with Crippen LogP contribution in [0.4, 0.5) is 5.69 Å². The van der Waals surface area contributed by atoms with Gasteiger partial charge in [-0.15, -0.1) is 0 Å². The van der Waals surface area contributed by atoms with Crippen LogP contribution in [-0.4, -0.2) is 43.0 Å². The van der Waals surface area contributed by atoms with Gasteiger partial charge < -0.3 is 19.7 Å². The summed E-state index contributed by atoms with van der Waals surface area (Å²) in [5, 5.41) is 2.85. The van der Waals surface area contributed by atoms with Crippen LogP contribution in [0.5, 0.6) is 11.5 Å². The first-order valence-corrected chi connectivity index (χ1v) is 9.41. The molecule has 0 saturated carbocycles. The Balaban J connectivity index is 1.78. The van der Waals surface area contributed by atoms with Gasteiger partial charge in [0.15, 0.2) is 0 Å². The molecule has 29 heavy (non-hydrogen) atoms. The number of nitrogens with one attached hydrogen (secondary N) is 1. The van der Waals surface area contributed by atoms with Gasteiger partial charge in [-0.3, -0.25) is 9.78 Å². The van der Waals surface area contributed by atoms with E-state index in [1.807, 2.05) is 55.4 Å². The Morgan fingerprint density at radius 1 is 1.03 bits per heavy atom. The molecule has 2 aromatic carbocycles. The van der Waals surface area contributed by atoms with Crippen molar-refractivity contribution in [1.82, 2.24) is 9.88 Å².